The number of alkyl halides is 3. The first-order valence-electron chi connectivity index (χ1n) is 17.6. The number of aldehydes is 1. The van der Waals surface area contributed by atoms with Gasteiger partial charge in [0.2, 0.25) is 6.29 Å². The summed E-state index contributed by atoms with van der Waals surface area (Å²) in [6.07, 6.45) is -4.38. The van der Waals surface area contributed by atoms with Gasteiger partial charge in [-0.25, -0.2) is 4.79 Å². The highest BCUT2D eigenvalue weighted by molar-refractivity contribution is 5.67. The minimum atomic E-state index is -4.64. The quantitative estimate of drug-likeness (QED) is 0.295. The van der Waals surface area contributed by atoms with Crippen LogP contribution >= 0.6 is 0 Å². The molecule has 51 heavy (non-hydrogen) atoms. The topological polar surface area (TPSA) is 113 Å². The number of alkyl carbamates (subject to hydrolysis) is 1. The molecule has 3 N–H and O–H groups in total. The number of halogens is 3. The van der Waals surface area contributed by atoms with Crippen LogP contribution in [0.5, 0.6) is 11.5 Å². The molecule has 2 aromatic rings. The number of piperazine rings is 2. The van der Waals surface area contributed by atoms with Gasteiger partial charge in [0, 0.05) is 72.0 Å². The first-order chi connectivity index (χ1) is 24.2. The van der Waals surface area contributed by atoms with Crippen molar-refractivity contribution in [3.8, 4) is 11.5 Å². The van der Waals surface area contributed by atoms with E-state index in [9.17, 15) is 18.0 Å². The predicted molar refractivity (Wildman–Crippen MR) is 195 cm³/mol. The summed E-state index contributed by atoms with van der Waals surface area (Å²) in [4.78, 5) is 29.9. The molecule has 0 unspecified atom stereocenters. The molecule has 2 heterocycles. The highest BCUT2D eigenvalue weighted by Crippen LogP contribution is 2.14. The third-order valence-electron chi connectivity index (χ3n) is 8.04. The Bertz CT molecular complexity index is 1230. The molecule has 0 atom stereocenters. The van der Waals surface area contributed by atoms with E-state index in [1.165, 1.54) is 5.56 Å². The molecule has 4 rings (SSSR count). The second-order valence-electron chi connectivity index (χ2n) is 13.7. The Balaban J connectivity index is 0.000000315. The number of nitrogens with two attached hydrogens (primary N) is 1. The van der Waals surface area contributed by atoms with E-state index in [1.807, 2.05) is 57.2 Å². The third kappa shape index (κ3) is 21.5. The Labute approximate surface area is 302 Å². The van der Waals surface area contributed by atoms with Crippen LogP contribution in [0.25, 0.3) is 0 Å². The number of likely N-dealkylation sites (N-methyl/N-ethyl adjacent to an activating group) is 2. The second-order valence-corrected chi connectivity index (χ2v) is 13.7. The van der Waals surface area contributed by atoms with E-state index < -0.39 is 18.1 Å². The Morgan fingerprint density at radius 2 is 1.14 bits per heavy atom. The number of carbonyl (C=O) groups excluding carboxylic acids is 2. The molecule has 0 aromatic heterocycles. The van der Waals surface area contributed by atoms with Crippen LogP contribution in [-0.2, 0) is 22.4 Å². The summed E-state index contributed by atoms with van der Waals surface area (Å²) < 4.78 is 48.1. The van der Waals surface area contributed by atoms with Crippen LogP contribution in [0.15, 0.2) is 48.5 Å². The van der Waals surface area contributed by atoms with Crippen molar-refractivity contribution >= 4 is 12.4 Å². The maximum atomic E-state index is 11.6. The van der Waals surface area contributed by atoms with Gasteiger partial charge in [-0.15, -0.1) is 0 Å². The first-order valence-corrected chi connectivity index (χ1v) is 17.6. The predicted octanol–water partition coefficient (Wildman–Crippen LogP) is 3.94. The van der Waals surface area contributed by atoms with Crippen LogP contribution in [0, 0.1) is 0 Å². The molecule has 2 aliphatic rings. The van der Waals surface area contributed by atoms with E-state index in [2.05, 4.69) is 51.1 Å². The molecule has 0 saturated carbocycles. The lowest BCUT2D eigenvalue weighted by molar-refractivity contribution is -0.156. The van der Waals surface area contributed by atoms with Crippen LogP contribution in [-0.4, -0.2) is 150 Å². The maximum absolute atomic E-state index is 11.6. The molecule has 11 nitrogen and oxygen atoms in total. The number of amides is 1. The zero-order valence-electron chi connectivity index (χ0n) is 31.1. The van der Waals surface area contributed by atoms with E-state index in [0.717, 1.165) is 102 Å². The van der Waals surface area contributed by atoms with Crippen molar-refractivity contribution in [1.82, 2.24) is 24.9 Å². The lowest BCUT2D eigenvalue weighted by Crippen LogP contribution is -2.45. The standard InChI is InChI=1S/C20H33N3O3.C15H25N3O.C2HF3O/c1-20(2,3)26-19(24)21-10-9-17-5-7-18(8-6-17)25-16-15-23-13-11-22(4)12-14-23;1-17-8-10-18(11-9-17)12-13-19-15-4-2-14(3-5-15)6-7-16;3-2(4,5)1-6/h5-8H,9-16H2,1-4H3,(H,21,24);2-5H,6-13,16H2,1H3;1H. The van der Waals surface area contributed by atoms with Gasteiger partial charge in [-0.3, -0.25) is 14.6 Å². The lowest BCUT2D eigenvalue weighted by Gasteiger charge is -2.32. The number of hydrogen-bond donors (Lipinski definition) is 2. The molecule has 0 radical (unpaired) electrons. The van der Waals surface area contributed by atoms with Crippen molar-refractivity contribution in [2.45, 2.75) is 45.4 Å². The van der Waals surface area contributed by atoms with Crippen molar-refractivity contribution in [3.05, 3.63) is 59.7 Å². The molecule has 288 valence electrons. The average molecular weight is 725 g/mol. The monoisotopic (exact) mass is 724 g/mol. The molecule has 2 aliphatic heterocycles. The van der Waals surface area contributed by atoms with Gasteiger partial charge >= 0.3 is 12.3 Å². The average Bonchev–Trinajstić information content (AvgIpc) is 3.08. The summed E-state index contributed by atoms with van der Waals surface area (Å²) in [5.41, 5.74) is 7.50. The fourth-order valence-electron chi connectivity index (χ4n) is 5.02. The fourth-order valence-corrected chi connectivity index (χ4v) is 5.02. The number of hydrogen-bond acceptors (Lipinski definition) is 10. The molecule has 0 aliphatic carbocycles. The Morgan fingerprint density at radius 3 is 1.49 bits per heavy atom. The highest BCUT2D eigenvalue weighted by atomic mass is 19.4. The molecule has 0 bridgehead atoms. The zero-order chi connectivity index (χ0) is 37.7. The van der Waals surface area contributed by atoms with E-state index >= 15 is 0 Å². The van der Waals surface area contributed by atoms with Gasteiger partial charge < -0.3 is 35.1 Å². The van der Waals surface area contributed by atoms with Crippen LogP contribution in [0.3, 0.4) is 0 Å². The van der Waals surface area contributed by atoms with Crippen molar-refractivity contribution < 1.29 is 37.0 Å². The molecular weight excluding hydrogens is 665 g/mol. The largest absolute Gasteiger partial charge is 0.492 e. The molecular formula is C37H59F3N6O5. The molecule has 2 saturated heterocycles. The fraction of sp³-hybridized carbons (Fsp3) is 0.622. The minimum absolute atomic E-state index is 0.374. The van der Waals surface area contributed by atoms with Gasteiger partial charge in [0.1, 0.15) is 30.3 Å². The van der Waals surface area contributed by atoms with Crippen molar-refractivity contribution in [1.29, 1.82) is 0 Å². The van der Waals surface area contributed by atoms with Crippen molar-refractivity contribution in [2.75, 3.05) is 106 Å². The van der Waals surface area contributed by atoms with Crippen LogP contribution in [0.4, 0.5) is 18.0 Å². The number of benzene rings is 2. The lowest BCUT2D eigenvalue weighted by atomic mass is 10.1. The Kier molecular flexibility index (Phi) is 19.9. The molecule has 14 heteroatoms. The van der Waals surface area contributed by atoms with Gasteiger partial charge in [0.15, 0.2) is 0 Å². The summed E-state index contributed by atoms with van der Waals surface area (Å²) >= 11 is 0. The van der Waals surface area contributed by atoms with Crippen LogP contribution < -0.4 is 20.5 Å². The highest BCUT2D eigenvalue weighted by Gasteiger charge is 2.25. The Hall–Kier alpha value is -3.43. The van der Waals surface area contributed by atoms with Gasteiger partial charge in [0.05, 0.1) is 0 Å². The number of rotatable bonds is 13. The maximum Gasteiger partial charge on any atom is 0.446 e. The number of carbonyl (C=O) groups is 2. The van der Waals surface area contributed by atoms with Gasteiger partial charge in [0.25, 0.3) is 0 Å². The zero-order valence-corrected chi connectivity index (χ0v) is 31.1. The summed E-state index contributed by atoms with van der Waals surface area (Å²) in [5.74, 6) is 1.85. The van der Waals surface area contributed by atoms with Crippen LogP contribution in [0.2, 0.25) is 0 Å². The second kappa shape index (κ2) is 23.2. The summed E-state index contributed by atoms with van der Waals surface area (Å²) in [6.45, 7) is 19.4. The smallest absolute Gasteiger partial charge is 0.446 e. The van der Waals surface area contributed by atoms with E-state index in [-0.39, 0.29) is 6.09 Å². The number of ether oxygens (including phenoxy) is 3. The number of nitrogens with zero attached hydrogens (tertiary/aromatic N) is 4. The SMILES string of the molecule is CN1CCN(CCOc2ccc(CCN)cc2)CC1.CN1CCN(CCOc2ccc(CCNC(=O)OC(C)(C)C)cc2)CC1.O=CC(F)(F)F. The first kappa shape index (κ1) is 43.7. The summed E-state index contributed by atoms with van der Waals surface area (Å²) in [5, 5.41) is 2.77. The number of nitrogens with one attached hydrogen (secondary N) is 1. The van der Waals surface area contributed by atoms with E-state index in [1.54, 1.807) is 0 Å². The molecule has 2 fully saturated rings. The van der Waals surface area contributed by atoms with Crippen molar-refractivity contribution in [2.24, 2.45) is 5.73 Å². The van der Waals surface area contributed by atoms with Gasteiger partial charge in [-0.05, 0) is 89.6 Å². The summed E-state index contributed by atoms with van der Waals surface area (Å²) in [7, 11) is 4.34. The van der Waals surface area contributed by atoms with Gasteiger partial charge in [-0.1, -0.05) is 24.3 Å². The van der Waals surface area contributed by atoms with Crippen LogP contribution in [0.1, 0.15) is 31.9 Å². The summed E-state index contributed by atoms with van der Waals surface area (Å²) in [6, 6.07) is 16.3. The normalized spacial score (nSPS) is 16.2. The minimum Gasteiger partial charge on any atom is -0.492 e. The Morgan fingerprint density at radius 1 is 0.745 bits per heavy atom. The van der Waals surface area contributed by atoms with E-state index in [4.69, 9.17) is 24.7 Å². The van der Waals surface area contributed by atoms with Crippen molar-refractivity contribution in [3.63, 3.8) is 0 Å². The molecule has 2 aromatic carbocycles. The molecule has 1 amide bonds. The third-order valence-corrected chi connectivity index (χ3v) is 8.04. The van der Waals surface area contributed by atoms with E-state index in [0.29, 0.717) is 19.7 Å². The van der Waals surface area contributed by atoms with Gasteiger partial charge in [-0.2, -0.15) is 13.2 Å². The molecule has 0 spiro atoms.